The first-order chi connectivity index (χ1) is 16.9. The number of sulfonamides is 1. The highest BCUT2D eigenvalue weighted by molar-refractivity contribution is 7.92. The molecule has 0 saturated heterocycles. The molecule has 0 aliphatic heterocycles. The normalized spacial score (nSPS) is 12.2. The maximum atomic E-state index is 13.3. The molecule has 0 spiro atoms. The number of methoxy groups -OCH3 is 1. The third-order valence-electron chi connectivity index (χ3n) is 5.60. The van der Waals surface area contributed by atoms with Crippen LogP contribution in [0.1, 0.15) is 39.2 Å². The first kappa shape index (κ1) is 29.5. The van der Waals surface area contributed by atoms with E-state index in [4.69, 9.17) is 16.3 Å². The number of rotatable bonds is 13. The van der Waals surface area contributed by atoms with Gasteiger partial charge in [0.1, 0.15) is 11.8 Å². The number of nitrogens with zero attached hydrogens (tertiary/aromatic N) is 2. The molecule has 0 radical (unpaired) electrons. The van der Waals surface area contributed by atoms with Crippen LogP contribution in [0.15, 0.2) is 48.5 Å². The number of anilines is 1. The largest absolute Gasteiger partial charge is 0.495 e. The molecule has 2 amide bonds. The van der Waals surface area contributed by atoms with Crippen LogP contribution in [0.5, 0.6) is 5.75 Å². The minimum Gasteiger partial charge on any atom is -0.495 e. The second-order valence-electron chi connectivity index (χ2n) is 9.08. The summed E-state index contributed by atoms with van der Waals surface area (Å²) >= 11 is 6.12. The SMILES string of the molecule is COc1ccccc1N(CCCC(=O)N(Cc1cccc(Cl)c1)C(C)C(=O)NCC(C)C)S(C)(=O)=O. The first-order valence-electron chi connectivity index (χ1n) is 11.9. The predicted molar refractivity (Wildman–Crippen MR) is 144 cm³/mol. The Hall–Kier alpha value is -2.78. The summed E-state index contributed by atoms with van der Waals surface area (Å²) in [6.07, 6.45) is 1.44. The summed E-state index contributed by atoms with van der Waals surface area (Å²) in [6, 6.07) is 13.3. The van der Waals surface area contributed by atoms with Crippen molar-refractivity contribution in [1.82, 2.24) is 10.2 Å². The summed E-state index contributed by atoms with van der Waals surface area (Å²) in [5.41, 5.74) is 1.21. The Morgan fingerprint density at radius 1 is 1.08 bits per heavy atom. The molecule has 0 aliphatic carbocycles. The van der Waals surface area contributed by atoms with Gasteiger partial charge >= 0.3 is 0 Å². The van der Waals surface area contributed by atoms with E-state index in [0.29, 0.717) is 23.0 Å². The summed E-state index contributed by atoms with van der Waals surface area (Å²) in [5.74, 6) is 0.198. The van der Waals surface area contributed by atoms with Gasteiger partial charge in [0, 0.05) is 31.1 Å². The number of benzene rings is 2. The quantitative estimate of drug-likeness (QED) is 0.415. The summed E-state index contributed by atoms with van der Waals surface area (Å²) in [6.45, 7) is 6.48. The van der Waals surface area contributed by atoms with Crippen molar-refractivity contribution in [2.24, 2.45) is 5.92 Å². The molecular formula is C26H36ClN3O5S. The number of amides is 2. The molecule has 2 aromatic rings. The Bertz CT molecular complexity index is 1140. The molecule has 0 bridgehead atoms. The standard InChI is InChI=1S/C26H36ClN3O5S/c1-19(2)17-28-26(32)20(3)29(18-21-10-8-11-22(27)16-21)25(31)14-9-15-30(36(5,33)34)23-12-6-7-13-24(23)35-4/h6-8,10-13,16,19-20H,9,14-15,17-18H2,1-5H3,(H,28,32). The maximum Gasteiger partial charge on any atom is 0.242 e. The van der Waals surface area contributed by atoms with Gasteiger partial charge in [0.25, 0.3) is 0 Å². The van der Waals surface area contributed by atoms with Gasteiger partial charge in [-0.2, -0.15) is 0 Å². The van der Waals surface area contributed by atoms with Crippen molar-refractivity contribution >= 4 is 39.1 Å². The molecule has 0 heterocycles. The fourth-order valence-corrected chi connectivity index (χ4v) is 4.87. The highest BCUT2D eigenvalue weighted by Gasteiger charge is 2.27. The Morgan fingerprint density at radius 3 is 2.39 bits per heavy atom. The Labute approximate surface area is 219 Å². The average Bonchev–Trinajstić information content (AvgIpc) is 2.82. The van der Waals surface area contributed by atoms with Crippen molar-refractivity contribution in [3.8, 4) is 5.75 Å². The summed E-state index contributed by atoms with van der Waals surface area (Å²) in [5, 5.41) is 3.42. The van der Waals surface area contributed by atoms with Crippen molar-refractivity contribution in [2.75, 3.05) is 30.8 Å². The van der Waals surface area contributed by atoms with E-state index in [1.807, 2.05) is 19.9 Å². The van der Waals surface area contributed by atoms with Gasteiger partial charge in [-0.15, -0.1) is 0 Å². The van der Waals surface area contributed by atoms with E-state index in [-0.39, 0.29) is 43.7 Å². The molecule has 2 rings (SSSR count). The molecule has 0 aromatic heterocycles. The molecular weight excluding hydrogens is 502 g/mol. The molecule has 10 heteroatoms. The van der Waals surface area contributed by atoms with Crippen molar-refractivity contribution in [2.45, 2.75) is 46.2 Å². The minimum absolute atomic E-state index is 0.0591. The number of ether oxygens (including phenoxy) is 1. The number of hydrogen-bond donors (Lipinski definition) is 1. The van der Waals surface area contributed by atoms with Crippen LogP contribution >= 0.6 is 11.6 Å². The number of halogens is 1. The molecule has 0 fully saturated rings. The summed E-state index contributed by atoms with van der Waals surface area (Å²) in [7, 11) is -2.14. The van der Waals surface area contributed by atoms with Crippen LogP contribution in [-0.2, 0) is 26.2 Å². The summed E-state index contributed by atoms with van der Waals surface area (Å²) in [4.78, 5) is 27.6. The fourth-order valence-electron chi connectivity index (χ4n) is 3.69. The van der Waals surface area contributed by atoms with Crippen molar-refractivity contribution in [3.05, 3.63) is 59.1 Å². The zero-order chi connectivity index (χ0) is 26.9. The molecule has 36 heavy (non-hydrogen) atoms. The van der Waals surface area contributed by atoms with Gasteiger partial charge in [0.2, 0.25) is 21.8 Å². The van der Waals surface area contributed by atoms with Gasteiger partial charge in [-0.3, -0.25) is 13.9 Å². The zero-order valence-corrected chi connectivity index (χ0v) is 23.1. The van der Waals surface area contributed by atoms with Gasteiger partial charge in [-0.25, -0.2) is 8.42 Å². The lowest BCUT2D eigenvalue weighted by Gasteiger charge is -2.30. The van der Waals surface area contributed by atoms with Gasteiger partial charge in [-0.1, -0.05) is 49.7 Å². The van der Waals surface area contributed by atoms with Crippen LogP contribution in [0.4, 0.5) is 5.69 Å². The van der Waals surface area contributed by atoms with Crippen molar-refractivity contribution < 1.29 is 22.7 Å². The molecule has 1 atom stereocenters. The topological polar surface area (TPSA) is 96.0 Å². The molecule has 0 saturated carbocycles. The van der Waals surface area contributed by atoms with E-state index in [2.05, 4.69) is 5.32 Å². The molecule has 8 nitrogen and oxygen atoms in total. The van der Waals surface area contributed by atoms with E-state index in [1.165, 1.54) is 16.3 Å². The second kappa shape index (κ2) is 13.5. The van der Waals surface area contributed by atoms with Gasteiger partial charge in [-0.05, 0) is 49.1 Å². The fraction of sp³-hybridized carbons (Fsp3) is 0.462. The van der Waals surface area contributed by atoms with Crippen LogP contribution in [0, 0.1) is 5.92 Å². The zero-order valence-electron chi connectivity index (χ0n) is 21.5. The van der Waals surface area contributed by atoms with Crippen LogP contribution in [0.2, 0.25) is 5.02 Å². The minimum atomic E-state index is -3.62. The molecule has 198 valence electrons. The van der Waals surface area contributed by atoms with Crippen LogP contribution < -0.4 is 14.4 Å². The lowest BCUT2D eigenvalue weighted by Crippen LogP contribution is -2.48. The third kappa shape index (κ3) is 8.71. The number of carbonyl (C=O) groups excluding carboxylic acids is 2. The monoisotopic (exact) mass is 537 g/mol. The van der Waals surface area contributed by atoms with Crippen LogP contribution in [0.3, 0.4) is 0 Å². The first-order valence-corrected chi connectivity index (χ1v) is 14.1. The van der Waals surface area contributed by atoms with Crippen LogP contribution in [-0.4, -0.2) is 57.6 Å². The van der Waals surface area contributed by atoms with Gasteiger partial charge < -0.3 is 15.0 Å². The maximum absolute atomic E-state index is 13.3. The van der Waals surface area contributed by atoms with Gasteiger partial charge in [0.15, 0.2) is 0 Å². The Kier molecular flexibility index (Phi) is 11.0. The number of nitrogens with one attached hydrogen (secondary N) is 1. The highest BCUT2D eigenvalue weighted by atomic mass is 35.5. The van der Waals surface area contributed by atoms with E-state index in [1.54, 1.807) is 49.4 Å². The van der Waals surface area contributed by atoms with E-state index < -0.39 is 16.1 Å². The molecule has 0 aliphatic rings. The van der Waals surface area contributed by atoms with Gasteiger partial charge in [0.05, 0.1) is 19.1 Å². The van der Waals surface area contributed by atoms with Crippen molar-refractivity contribution in [3.63, 3.8) is 0 Å². The van der Waals surface area contributed by atoms with Crippen molar-refractivity contribution in [1.29, 1.82) is 0 Å². The number of para-hydroxylation sites is 2. The summed E-state index contributed by atoms with van der Waals surface area (Å²) < 4.78 is 31.6. The molecule has 1 N–H and O–H groups in total. The highest BCUT2D eigenvalue weighted by Crippen LogP contribution is 2.29. The van der Waals surface area contributed by atoms with E-state index in [9.17, 15) is 18.0 Å². The third-order valence-corrected chi connectivity index (χ3v) is 7.01. The number of hydrogen-bond acceptors (Lipinski definition) is 5. The predicted octanol–water partition coefficient (Wildman–Crippen LogP) is 4.08. The Morgan fingerprint density at radius 2 is 1.78 bits per heavy atom. The lowest BCUT2D eigenvalue weighted by atomic mass is 10.1. The Balaban J connectivity index is 2.19. The van der Waals surface area contributed by atoms with Crippen LogP contribution in [0.25, 0.3) is 0 Å². The average molecular weight is 538 g/mol. The smallest absolute Gasteiger partial charge is 0.242 e. The molecule has 1 unspecified atom stereocenters. The lowest BCUT2D eigenvalue weighted by molar-refractivity contribution is -0.140. The van der Waals surface area contributed by atoms with E-state index >= 15 is 0 Å². The number of carbonyl (C=O) groups is 2. The second-order valence-corrected chi connectivity index (χ2v) is 11.4. The van der Waals surface area contributed by atoms with E-state index in [0.717, 1.165) is 11.8 Å². The molecule has 2 aromatic carbocycles.